The summed E-state index contributed by atoms with van der Waals surface area (Å²) in [5, 5.41) is 5.32. The molecule has 0 unspecified atom stereocenters. The molecule has 2 aromatic rings. The highest BCUT2D eigenvalue weighted by molar-refractivity contribution is 5.95. The summed E-state index contributed by atoms with van der Waals surface area (Å²) in [7, 11) is 1.46. The standard InChI is InChI=1S/C19H20N2O5/c1-12(22)14-7-8-17(18(9-14)25-3)26-11-19(24)21-16-6-4-5-15(10-16)20-13(2)23/h4-10H,11H2,1-3H3,(H,20,23)(H,21,24). The number of anilines is 2. The molecule has 0 aliphatic rings. The summed E-state index contributed by atoms with van der Waals surface area (Å²) < 4.78 is 10.7. The van der Waals surface area contributed by atoms with Crippen molar-refractivity contribution in [1.82, 2.24) is 0 Å². The first-order valence-electron chi connectivity index (χ1n) is 7.88. The summed E-state index contributed by atoms with van der Waals surface area (Å²) in [5.41, 5.74) is 1.61. The first-order valence-corrected chi connectivity index (χ1v) is 7.88. The van der Waals surface area contributed by atoms with Crippen molar-refractivity contribution in [2.45, 2.75) is 13.8 Å². The molecular weight excluding hydrogens is 336 g/mol. The lowest BCUT2D eigenvalue weighted by Gasteiger charge is -2.12. The third-order valence-corrected chi connectivity index (χ3v) is 3.40. The molecule has 7 nitrogen and oxygen atoms in total. The van der Waals surface area contributed by atoms with Gasteiger partial charge >= 0.3 is 0 Å². The minimum Gasteiger partial charge on any atom is -0.493 e. The van der Waals surface area contributed by atoms with Crippen molar-refractivity contribution >= 4 is 29.0 Å². The summed E-state index contributed by atoms with van der Waals surface area (Å²) in [5.74, 6) is 0.0741. The van der Waals surface area contributed by atoms with Crippen LogP contribution in [-0.2, 0) is 9.59 Å². The number of benzene rings is 2. The zero-order valence-electron chi connectivity index (χ0n) is 14.8. The molecule has 0 aliphatic heterocycles. The van der Waals surface area contributed by atoms with E-state index in [2.05, 4.69) is 10.6 Å². The van der Waals surface area contributed by atoms with Gasteiger partial charge in [0.1, 0.15) is 0 Å². The van der Waals surface area contributed by atoms with Crippen LogP contribution in [-0.4, -0.2) is 31.3 Å². The van der Waals surface area contributed by atoms with Gasteiger partial charge in [0, 0.05) is 23.9 Å². The minimum atomic E-state index is -0.373. The van der Waals surface area contributed by atoms with E-state index in [4.69, 9.17) is 9.47 Å². The topological polar surface area (TPSA) is 93.7 Å². The van der Waals surface area contributed by atoms with E-state index in [0.29, 0.717) is 28.4 Å². The molecule has 2 amide bonds. The Labute approximate surface area is 151 Å². The van der Waals surface area contributed by atoms with Crippen molar-refractivity contribution in [1.29, 1.82) is 0 Å². The van der Waals surface area contributed by atoms with E-state index >= 15 is 0 Å². The molecular formula is C19H20N2O5. The Kier molecular flexibility index (Phi) is 6.32. The van der Waals surface area contributed by atoms with Gasteiger partial charge in [-0.3, -0.25) is 14.4 Å². The number of methoxy groups -OCH3 is 1. The van der Waals surface area contributed by atoms with Gasteiger partial charge in [-0.15, -0.1) is 0 Å². The van der Waals surface area contributed by atoms with Crippen molar-refractivity contribution < 1.29 is 23.9 Å². The average Bonchev–Trinajstić information content (AvgIpc) is 2.59. The Morgan fingerprint density at radius 3 is 2.23 bits per heavy atom. The number of ether oxygens (including phenoxy) is 2. The van der Waals surface area contributed by atoms with Crippen LogP contribution in [0.3, 0.4) is 0 Å². The van der Waals surface area contributed by atoms with E-state index in [1.807, 2.05) is 0 Å². The molecule has 0 bridgehead atoms. The maximum Gasteiger partial charge on any atom is 0.262 e. The Morgan fingerprint density at radius 1 is 0.923 bits per heavy atom. The zero-order chi connectivity index (χ0) is 19.1. The van der Waals surface area contributed by atoms with Gasteiger partial charge in [0.15, 0.2) is 23.9 Å². The van der Waals surface area contributed by atoms with Crippen LogP contribution >= 0.6 is 0 Å². The molecule has 0 saturated heterocycles. The Hall–Kier alpha value is -3.35. The highest BCUT2D eigenvalue weighted by atomic mass is 16.5. The average molecular weight is 356 g/mol. The number of amides is 2. The molecule has 2 aromatic carbocycles. The van der Waals surface area contributed by atoms with E-state index in [0.717, 1.165) is 0 Å². The highest BCUT2D eigenvalue weighted by Gasteiger charge is 2.11. The molecule has 0 heterocycles. The molecule has 26 heavy (non-hydrogen) atoms. The van der Waals surface area contributed by atoms with Crippen molar-refractivity contribution in [2.75, 3.05) is 24.4 Å². The van der Waals surface area contributed by atoms with Gasteiger partial charge in [0.25, 0.3) is 5.91 Å². The molecule has 0 spiro atoms. The number of hydrogen-bond donors (Lipinski definition) is 2. The smallest absolute Gasteiger partial charge is 0.262 e. The van der Waals surface area contributed by atoms with Gasteiger partial charge < -0.3 is 20.1 Å². The first-order chi connectivity index (χ1) is 12.4. The fraction of sp³-hybridized carbons (Fsp3) is 0.211. The van der Waals surface area contributed by atoms with Crippen molar-refractivity contribution in [2.24, 2.45) is 0 Å². The zero-order valence-corrected chi connectivity index (χ0v) is 14.8. The lowest BCUT2D eigenvalue weighted by atomic mass is 10.1. The van der Waals surface area contributed by atoms with Crippen molar-refractivity contribution in [3.8, 4) is 11.5 Å². The number of nitrogens with one attached hydrogen (secondary N) is 2. The lowest BCUT2D eigenvalue weighted by Crippen LogP contribution is -2.20. The van der Waals surface area contributed by atoms with E-state index < -0.39 is 0 Å². The van der Waals surface area contributed by atoms with Crippen LogP contribution in [0.2, 0.25) is 0 Å². The van der Waals surface area contributed by atoms with Gasteiger partial charge in [-0.05, 0) is 43.3 Å². The Bertz CT molecular complexity index is 832. The van der Waals surface area contributed by atoms with Gasteiger partial charge in [-0.25, -0.2) is 0 Å². The third kappa shape index (κ3) is 5.34. The molecule has 0 saturated carbocycles. The molecule has 0 fully saturated rings. The molecule has 2 N–H and O–H groups in total. The Balaban J connectivity index is 1.99. The predicted octanol–water partition coefficient (Wildman–Crippen LogP) is 2.87. The van der Waals surface area contributed by atoms with Crippen molar-refractivity contribution in [3.05, 3.63) is 48.0 Å². The molecule has 0 aromatic heterocycles. The Morgan fingerprint density at radius 2 is 1.62 bits per heavy atom. The van der Waals surface area contributed by atoms with Crippen LogP contribution in [0.1, 0.15) is 24.2 Å². The quantitative estimate of drug-likeness (QED) is 0.744. The third-order valence-electron chi connectivity index (χ3n) is 3.40. The summed E-state index contributed by atoms with van der Waals surface area (Å²) >= 11 is 0. The van der Waals surface area contributed by atoms with Crippen LogP contribution in [0.5, 0.6) is 11.5 Å². The number of ketones is 1. The second-order valence-electron chi connectivity index (χ2n) is 5.52. The molecule has 0 aliphatic carbocycles. The number of rotatable bonds is 7. The SMILES string of the molecule is COc1cc(C(C)=O)ccc1OCC(=O)Nc1cccc(NC(C)=O)c1. The number of carbonyl (C=O) groups is 3. The summed E-state index contributed by atoms with van der Waals surface area (Å²) in [6.45, 7) is 2.63. The van der Waals surface area contributed by atoms with Crippen LogP contribution in [0, 0.1) is 0 Å². The lowest BCUT2D eigenvalue weighted by molar-refractivity contribution is -0.118. The fourth-order valence-electron chi connectivity index (χ4n) is 2.22. The molecule has 0 atom stereocenters. The van der Waals surface area contributed by atoms with Crippen LogP contribution in [0.25, 0.3) is 0 Å². The molecule has 2 rings (SSSR count). The van der Waals surface area contributed by atoms with E-state index in [9.17, 15) is 14.4 Å². The normalized spacial score (nSPS) is 9.96. The van der Waals surface area contributed by atoms with E-state index in [1.165, 1.54) is 21.0 Å². The maximum absolute atomic E-state index is 12.1. The first kappa shape index (κ1) is 19.0. The predicted molar refractivity (Wildman–Crippen MR) is 97.9 cm³/mol. The van der Waals surface area contributed by atoms with Gasteiger partial charge in [0.05, 0.1) is 7.11 Å². The summed E-state index contributed by atoms with van der Waals surface area (Å²) in [4.78, 5) is 34.6. The number of hydrogen-bond acceptors (Lipinski definition) is 5. The fourth-order valence-corrected chi connectivity index (χ4v) is 2.22. The summed E-state index contributed by atoms with van der Waals surface area (Å²) in [6, 6.07) is 11.5. The van der Waals surface area contributed by atoms with Gasteiger partial charge in [-0.2, -0.15) is 0 Å². The van der Waals surface area contributed by atoms with Gasteiger partial charge in [0.2, 0.25) is 5.91 Å². The molecule has 0 radical (unpaired) electrons. The second kappa shape index (κ2) is 8.66. The number of Topliss-reactive ketones (excluding diaryl/α,β-unsaturated/α-hetero) is 1. The largest absolute Gasteiger partial charge is 0.493 e. The van der Waals surface area contributed by atoms with Crippen LogP contribution in [0.4, 0.5) is 11.4 Å². The molecule has 7 heteroatoms. The van der Waals surface area contributed by atoms with E-state index in [1.54, 1.807) is 42.5 Å². The number of carbonyl (C=O) groups excluding carboxylic acids is 3. The van der Waals surface area contributed by atoms with Crippen molar-refractivity contribution in [3.63, 3.8) is 0 Å². The van der Waals surface area contributed by atoms with Crippen LogP contribution in [0.15, 0.2) is 42.5 Å². The molecule has 136 valence electrons. The van der Waals surface area contributed by atoms with Crippen LogP contribution < -0.4 is 20.1 Å². The maximum atomic E-state index is 12.1. The van der Waals surface area contributed by atoms with E-state index in [-0.39, 0.29) is 24.2 Å². The van der Waals surface area contributed by atoms with Gasteiger partial charge in [-0.1, -0.05) is 6.07 Å². The monoisotopic (exact) mass is 356 g/mol. The second-order valence-corrected chi connectivity index (χ2v) is 5.52. The minimum absolute atomic E-state index is 0.0911. The highest BCUT2D eigenvalue weighted by Crippen LogP contribution is 2.28. The summed E-state index contributed by atoms with van der Waals surface area (Å²) in [6.07, 6.45) is 0.